The van der Waals surface area contributed by atoms with Gasteiger partial charge in [-0.1, -0.05) is 12.8 Å². The summed E-state index contributed by atoms with van der Waals surface area (Å²) in [5, 5.41) is 0.946. The third-order valence-electron chi connectivity index (χ3n) is 4.41. The van der Waals surface area contributed by atoms with Gasteiger partial charge < -0.3 is 13.7 Å². The molecule has 5 heteroatoms. The van der Waals surface area contributed by atoms with E-state index in [9.17, 15) is 4.79 Å². The number of benzene rings is 1. The minimum atomic E-state index is -0.324. The molecular weight excluding hydrogens is 316 g/mol. The summed E-state index contributed by atoms with van der Waals surface area (Å²) in [6, 6.07) is 7.17. The molecule has 0 N–H and O–H groups in total. The Morgan fingerprint density at radius 2 is 1.96 bits per heavy atom. The van der Waals surface area contributed by atoms with Crippen molar-refractivity contribution in [1.82, 2.24) is 9.55 Å². The number of aromatic nitrogens is 2. The second kappa shape index (κ2) is 8.01. The zero-order chi connectivity index (χ0) is 17.6. The number of hydrogen-bond acceptors (Lipinski definition) is 4. The van der Waals surface area contributed by atoms with Crippen LogP contribution in [0.25, 0.3) is 11.0 Å². The Bertz CT molecular complexity index is 895. The maximum atomic E-state index is 11.5. The van der Waals surface area contributed by atoms with Crippen molar-refractivity contribution in [2.75, 3.05) is 6.61 Å². The molecule has 0 aliphatic rings. The fourth-order valence-electron chi connectivity index (χ4n) is 2.96. The minimum Gasteiger partial charge on any atom is -0.493 e. The Kier molecular flexibility index (Phi) is 5.53. The molecule has 0 fully saturated rings. The maximum Gasteiger partial charge on any atom is 0.336 e. The lowest BCUT2D eigenvalue weighted by Crippen LogP contribution is -2.01. The zero-order valence-corrected chi connectivity index (χ0v) is 14.8. The molecule has 0 bridgehead atoms. The lowest BCUT2D eigenvalue weighted by atomic mass is 10.1. The molecule has 0 spiro atoms. The molecule has 1 aromatic carbocycles. The van der Waals surface area contributed by atoms with E-state index in [1.54, 1.807) is 6.07 Å². The van der Waals surface area contributed by atoms with E-state index in [-0.39, 0.29) is 5.63 Å². The average Bonchev–Trinajstić information content (AvgIpc) is 2.98. The van der Waals surface area contributed by atoms with Crippen molar-refractivity contribution in [3.05, 3.63) is 58.5 Å². The molecule has 0 radical (unpaired) electrons. The first-order valence-corrected chi connectivity index (χ1v) is 8.78. The first-order chi connectivity index (χ1) is 12.1. The Morgan fingerprint density at radius 1 is 1.12 bits per heavy atom. The highest BCUT2D eigenvalue weighted by Gasteiger charge is 2.04. The summed E-state index contributed by atoms with van der Waals surface area (Å²) < 4.78 is 13.2. The third kappa shape index (κ3) is 4.50. The number of hydrogen-bond donors (Lipinski definition) is 0. The number of ether oxygens (including phenoxy) is 1. The molecular formula is C20H24N2O3. The normalized spacial score (nSPS) is 11.1. The number of unbranched alkanes of at least 4 members (excludes halogenated alkanes) is 3. The molecule has 132 valence electrons. The third-order valence-corrected chi connectivity index (χ3v) is 4.41. The van der Waals surface area contributed by atoms with E-state index >= 15 is 0 Å². The van der Waals surface area contributed by atoms with Crippen molar-refractivity contribution in [2.24, 2.45) is 0 Å². The highest BCUT2D eigenvalue weighted by molar-refractivity contribution is 5.81. The van der Waals surface area contributed by atoms with Gasteiger partial charge in [-0.15, -0.1) is 0 Å². The molecule has 0 atom stereocenters. The number of nitrogens with zero attached hydrogens (tertiary/aromatic N) is 2. The van der Waals surface area contributed by atoms with Gasteiger partial charge in [0.1, 0.15) is 17.2 Å². The van der Waals surface area contributed by atoms with Gasteiger partial charge in [-0.3, -0.25) is 0 Å². The summed E-state index contributed by atoms with van der Waals surface area (Å²) in [7, 11) is 0. The first-order valence-electron chi connectivity index (χ1n) is 8.78. The van der Waals surface area contributed by atoms with Gasteiger partial charge in [-0.2, -0.15) is 0 Å². The Balaban J connectivity index is 1.41. The molecule has 3 aromatic rings. The van der Waals surface area contributed by atoms with Crippen LogP contribution in [-0.4, -0.2) is 16.2 Å². The van der Waals surface area contributed by atoms with Crippen LogP contribution in [-0.2, 0) is 6.54 Å². The second-order valence-electron chi connectivity index (χ2n) is 6.34. The predicted octanol–water partition coefficient (Wildman–Crippen LogP) is 4.25. The number of fused-ring (bicyclic) bond motifs is 1. The number of imidazole rings is 1. The molecule has 0 aliphatic carbocycles. The van der Waals surface area contributed by atoms with Gasteiger partial charge in [0.2, 0.25) is 0 Å². The molecule has 0 saturated carbocycles. The van der Waals surface area contributed by atoms with Gasteiger partial charge in [-0.05, 0) is 44.4 Å². The van der Waals surface area contributed by atoms with E-state index in [0.717, 1.165) is 48.3 Å². The largest absolute Gasteiger partial charge is 0.493 e. The van der Waals surface area contributed by atoms with Crippen molar-refractivity contribution >= 4 is 11.0 Å². The van der Waals surface area contributed by atoms with Crippen molar-refractivity contribution in [3.8, 4) is 5.75 Å². The zero-order valence-electron chi connectivity index (χ0n) is 14.8. The average molecular weight is 340 g/mol. The van der Waals surface area contributed by atoms with E-state index in [1.165, 1.54) is 12.5 Å². The summed E-state index contributed by atoms with van der Waals surface area (Å²) >= 11 is 0. The van der Waals surface area contributed by atoms with Gasteiger partial charge in [0.25, 0.3) is 0 Å². The van der Waals surface area contributed by atoms with Crippen LogP contribution in [0.4, 0.5) is 0 Å². The predicted molar refractivity (Wildman–Crippen MR) is 98.1 cm³/mol. The fourth-order valence-corrected chi connectivity index (χ4v) is 2.96. The highest BCUT2D eigenvalue weighted by atomic mass is 16.5. The number of aryl methyl sites for hydroxylation is 3. The molecule has 0 unspecified atom stereocenters. The Labute approximate surface area is 147 Å². The Hall–Kier alpha value is -2.56. The van der Waals surface area contributed by atoms with Crippen LogP contribution in [0.5, 0.6) is 5.75 Å². The minimum absolute atomic E-state index is 0.324. The summed E-state index contributed by atoms with van der Waals surface area (Å²) in [6.07, 6.45) is 8.34. The van der Waals surface area contributed by atoms with E-state index in [0.29, 0.717) is 12.2 Å². The monoisotopic (exact) mass is 340 g/mol. The van der Waals surface area contributed by atoms with Crippen molar-refractivity contribution in [3.63, 3.8) is 0 Å². The molecule has 0 aliphatic heterocycles. The summed E-state index contributed by atoms with van der Waals surface area (Å²) in [5.41, 5.74) is 1.18. The smallest absolute Gasteiger partial charge is 0.336 e. The van der Waals surface area contributed by atoms with E-state index in [2.05, 4.69) is 9.55 Å². The van der Waals surface area contributed by atoms with Crippen LogP contribution in [0, 0.1) is 13.8 Å². The highest BCUT2D eigenvalue weighted by Crippen LogP contribution is 2.22. The lowest BCUT2D eigenvalue weighted by molar-refractivity contribution is 0.304. The van der Waals surface area contributed by atoms with Crippen LogP contribution in [0.2, 0.25) is 0 Å². The second-order valence-corrected chi connectivity index (χ2v) is 6.34. The number of rotatable bonds is 8. The van der Waals surface area contributed by atoms with Crippen LogP contribution in [0.1, 0.15) is 37.1 Å². The van der Waals surface area contributed by atoms with Crippen molar-refractivity contribution in [1.29, 1.82) is 0 Å². The quantitative estimate of drug-likeness (QED) is 0.454. The van der Waals surface area contributed by atoms with E-state index in [4.69, 9.17) is 9.15 Å². The fraction of sp³-hybridized carbons (Fsp3) is 0.400. The van der Waals surface area contributed by atoms with Crippen LogP contribution in [0.15, 0.2) is 45.9 Å². The van der Waals surface area contributed by atoms with Gasteiger partial charge in [-0.25, -0.2) is 9.78 Å². The molecule has 0 amide bonds. The van der Waals surface area contributed by atoms with Crippen LogP contribution in [0.3, 0.4) is 0 Å². The molecule has 2 heterocycles. The summed E-state index contributed by atoms with van der Waals surface area (Å²) in [5.74, 6) is 1.82. The molecule has 0 saturated heterocycles. The molecule has 3 rings (SSSR count). The Morgan fingerprint density at radius 3 is 2.76 bits per heavy atom. The molecule has 2 aromatic heterocycles. The molecule has 25 heavy (non-hydrogen) atoms. The summed E-state index contributed by atoms with van der Waals surface area (Å²) in [6.45, 7) is 5.63. The van der Waals surface area contributed by atoms with Crippen molar-refractivity contribution < 1.29 is 9.15 Å². The van der Waals surface area contributed by atoms with Gasteiger partial charge in [0, 0.05) is 36.5 Å². The van der Waals surface area contributed by atoms with Crippen LogP contribution < -0.4 is 10.4 Å². The molecule has 5 nitrogen and oxygen atoms in total. The lowest BCUT2D eigenvalue weighted by Gasteiger charge is -2.08. The van der Waals surface area contributed by atoms with E-state index in [1.807, 2.05) is 38.4 Å². The summed E-state index contributed by atoms with van der Waals surface area (Å²) in [4.78, 5) is 15.7. The van der Waals surface area contributed by atoms with E-state index < -0.39 is 0 Å². The van der Waals surface area contributed by atoms with Crippen LogP contribution >= 0.6 is 0 Å². The SMILES string of the molecule is Cc1cc(=O)oc2cc(OCCCCCCn3ccnc3C)ccc12. The maximum absolute atomic E-state index is 11.5. The van der Waals surface area contributed by atoms with Gasteiger partial charge in [0.15, 0.2) is 0 Å². The topological polar surface area (TPSA) is 57.3 Å². The van der Waals surface area contributed by atoms with Gasteiger partial charge >= 0.3 is 5.63 Å². The standard InChI is InChI=1S/C20H24N2O3/c1-15-13-20(23)25-19-14-17(7-8-18(15)19)24-12-6-4-3-5-10-22-11-9-21-16(22)2/h7-9,11,13-14H,3-6,10,12H2,1-2H3. The van der Waals surface area contributed by atoms with Gasteiger partial charge in [0.05, 0.1) is 6.61 Å². The first kappa shape index (κ1) is 17.3. The van der Waals surface area contributed by atoms with Crippen molar-refractivity contribution in [2.45, 2.75) is 46.1 Å².